The number of rotatable bonds is 4. The van der Waals surface area contributed by atoms with Crippen LogP contribution in [0.4, 0.5) is 0 Å². The van der Waals surface area contributed by atoms with Gasteiger partial charge in [-0.2, -0.15) is 4.79 Å². The average Bonchev–Trinajstić information content (AvgIpc) is 2.47. The molecular formula is C15H12N2O3. The van der Waals surface area contributed by atoms with Gasteiger partial charge in [-0.25, -0.2) is 4.79 Å². The van der Waals surface area contributed by atoms with Crippen LogP contribution in [0.2, 0.25) is 0 Å². The van der Waals surface area contributed by atoms with Crippen LogP contribution in [-0.4, -0.2) is 28.9 Å². The lowest BCUT2D eigenvalue weighted by atomic mass is 9.99. The van der Waals surface area contributed by atoms with Crippen molar-refractivity contribution in [3.05, 3.63) is 53.6 Å². The van der Waals surface area contributed by atoms with E-state index in [0.717, 1.165) is 5.39 Å². The second-order valence-corrected chi connectivity index (χ2v) is 4.02. The first-order chi connectivity index (χ1) is 9.69. The molecule has 0 fully saturated rings. The van der Waals surface area contributed by atoms with Gasteiger partial charge in [0.25, 0.3) is 5.78 Å². The van der Waals surface area contributed by atoms with Crippen molar-refractivity contribution in [2.24, 2.45) is 0 Å². The molecule has 0 aliphatic rings. The van der Waals surface area contributed by atoms with Gasteiger partial charge < -0.3 is 10.3 Å². The number of carbonyl (C=O) groups is 2. The Kier molecular flexibility index (Phi) is 4.03. The van der Waals surface area contributed by atoms with Crippen LogP contribution >= 0.6 is 0 Å². The zero-order valence-electron chi connectivity index (χ0n) is 10.9. The molecule has 2 aromatic carbocycles. The molecule has 0 heterocycles. The SMILES string of the molecule is CCOC(=O)C(=[N+]=[N-])C(=O)c1cccc2ccccc12. The van der Waals surface area contributed by atoms with E-state index in [9.17, 15) is 9.59 Å². The van der Waals surface area contributed by atoms with Crippen LogP contribution in [0.1, 0.15) is 17.3 Å². The number of fused-ring (bicyclic) bond motifs is 1. The molecule has 0 spiro atoms. The number of ketones is 1. The van der Waals surface area contributed by atoms with Crippen LogP contribution in [0.25, 0.3) is 16.3 Å². The summed E-state index contributed by atoms with van der Waals surface area (Å²) in [7, 11) is 0. The minimum atomic E-state index is -0.937. The molecular weight excluding hydrogens is 256 g/mol. The molecule has 0 unspecified atom stereocenters. The van der Waals surface area contributed by atoms with E-state index < -0.39 is 17.5 Å². The first kappa shape index (κ1) is 13.6. The van der Waals surface area contributed by atoms with Gasteiger partial charge in [-0.05, 0) is 17.7 Å². The number of hydrogen-bond acceptors (Lipinski definition) is 3. The summed E-state index contributed by atoms with van der Waals surface area (Å²) >= 11 is 0. The van der Waals surface area contributed by atoms with Crippen molar-refractivity contribution in [3.63, 3.8) is 0 Å². The number of esters is 1. The van der Waals surface area contributed by atoms with E-state index >= 15 is 0 Å². The second-order valence-electron chi connectivity index (χ2n) is 4.02. The van der Waals surface area contributed by atoms with Gasteiger partial charge in [0.15, 0.2) is 0 Å². The third kappa shape index (κ3) is 2.48. The Hall–Kier alpha value is -2.78. The summed E-state index contributed by atoms with van der Waals surface area (Å²) in [6, 6.07) is 12.4. The van der Waals surface area contributed by atoms with E-state index in [4.69, 9.17) is 10.3 Å². The van der Waals surface area contributed by atoms with E-state index in [1.54, 1.807) is 31.2 Å². The molecule has 0 atom stereocenters. The fourth-order valence-electron chi connectivity index (χ4n) is 1.93. The average molecular weight is 268 g/mol. The highest BCUT2D eigenvalue weighted by Gasteiger charge is 2.32. The maximum atomic E-state index is 12.3. The van der Waals surface area contributed by atoms with Gasteiger partial charge in [0, 0.05) is 5.56 Å². The highest BCUT2D eigenvalue weighted by atomic mass is 16.5. The molecule has 2 rings (SSSR count). The monoisotopic (exact) mass is 268 g/mol. The lowest BCUT2D eigenvalue weighted by molar-refractivity contribution is -0.139. The van der Waals surface area contributed by atoms with Crippen molar-refractivity contribution >= 4 is 28.2 Å². The Bertz CT molecular complexity index is 725. The number of nitrogens with zero attached hydrogens (tertiary/aromatic N) is 2. The highest BCUT2D eigenvalue weighted by molar-refractivity contribution is 6.66. The van der Waals surface area contributed by atoms with Crippen molar-refractivity contribution < 1.29 is 19.1 Å². The van der Waals surface area contributed by atoms with Gasteiger partial charge in [-0.1, -0.05) is 42.5 Å². The number of Topliss-reactive ketones (excluding diaryl/α,β-unsaturated/α-hetero) is 1. The molecule has 0 saturated heterocycles. The Morgan fingerprint density at radius 3 is 2.55 bits per heavy atom. The Morgan fingerprint density at radius 2 is 1.85 bits per heavy atom. The Balaban J connectivity index is 2.51. The van der Waals surface area contributed by atoms with Gasteiger partial charge in [0.05, 0.1) is 6.61 Å². The smallest absolute Gasteiger partial charge is 0.446 e. The maximum Gasteiger partial charge on any atom is 0.446 e. The lowest BCUT2D eigenvalue weighted by Crippen LogP contribution is -2.27. The van der Waals surface area contributed by atoms with Crippen LogP contribution in [0.15, 0.2) is 42.5 Å². The molecule has 0 radical (unpaired) electrons. The second kappa shape index (κ2) is 5.91. The zero-order valence-corrected chi connectivity index (χ0v) is 10.9. The number of hydrogen-bond donors (Lipinski definition) is 0. The number of carbonyl (C=O) groups excluding carboxylic acids is 2. The van der Waals surface area contributed by atoms with Crippen molar-refractivity contribution in [1.29, 1.82) is 0 Å². The summed E-state index contributed by atoms with van der Waals surface area (Å²) in [5.41, 5.74) is 8.57. The number of benzene rings is 2. The molecule has 2 aromatic rings. The zero-order chi connectivity index (χ0) is 14.5. The Morgan fingerprint density at radius 1 is 1.15 bits per heavy atom. The van der Waals surface area contributed by atoms with Crippen LogP contribution in [-0.2, 0) is 9.53 Å². The van der Waals surface area contributed by atoms with E-state index in [1.165, 1.54) is 0 Å². The molecule has 20 heavy (non-hydrogen) atoms. The van der Waals surface area contributed by atoms with Crippen LogP contribution in [0.5, 0.6) is 0 Å². The van der Waals surface area contributed by atoms with Crippen molar-refractivity contribution in [3.8, 4) is 0 Å². The normalized spacial score (nSPS) is 9.85. The van der Waals surface area contributed by atoms with Gasteiger partial charge in [0.1, 0.15) is 0 Å². The minimum absolute atomic E-state index is 0.0979. The van der Waals surface area contributed by atoms with Crippen molar-refractivity contribution in [1.82, 2.24) is 0 Å². The molecule has 0 N–H and O–H groups in total. The third-order valence-electron chi connectivity index (χ3n) is 2.82. The van der Waals surface area contributed by atoms with E-state index in [0.29, 0.717) is 10.9 Å². The van der Waals surface area contributed by atoms with Gasteiger partial charge >= 0.3 is 11.7 Å². The molecule has 0 bridgehead atoms. The van der Waals surface area contributed by atoms with Crippen molar-refractivity contribution in [2.75, 3.05) is 6.61 Å². The predicted octanol–water partition coefficient (Wildman–Crippen LogP) is 2.26. The van der Waals surface area contributed by atoms with Crippen LogP contribution in [0.3, 0.4) is 0 Å². The molecule has 100 valence electrons. The van der Waals surface area contributed by atoms with Crippen molar-refractivity contribution in [2.45, 2.75) is 6.92 Å². The fraction of sp³-hybridized carbons (Fsp3) is 0.133. The standard InChI is InChI=1S/C15H12N2O3/c1-2-20-15(19)13(17-16)14(18)12-9-5-7-10-6-3-4-8-11(10)12/h3-9H,2H2,1H3. The van der Waals surface area contributed by atoms with E-state index in [2.05, 4.69) is 4.79 Å². The van der Waals surface area contributed by atoms with Crippen LogP contribution in [0, 0.1) is 0 Å². The lowest BCUT2D eigenvalue weighted by Gasteiger charge is -2.03. The summed E-state index contributed by atoms with van der Waals surface area (Å²) in [5, 5.41) is 1.55. The van der Waals surface area contributed by atoms with Crippen LogP contribution < -0.4 is 0 Å². The molecule has 5 heteroatoms. The summed E-state index contributed by atoms with van der Waals surface area (Å²) in [5.74, 6) is -1.60. The predicted molar refractivity (Wildman–Crippen MR) is 73.5 cm³/mol. The third-order valence-corrected chi connectivity index (χ3v) is 2.82. The molecule has 0 aliphatic carbocycles. The quantitative estimate of drug-likeness (QED) is 0.213. The van der Waals surface area contributed by atoms with E-state index in [1.807, 2.05) is 18.2 Å². The molecule has 5 nitrogen and oxygen atoms in total. The molecule has 0 aromatic heterocycles. The van der Waals surface area contributed by atoms with Gasteiger partial charge in [-0.15, -0.1) is 0 Å². The van der Waals surface area contributed by atoms with Gasteiger partial charge in [-0.3, -0.25) is 4.79 Å². The number of ether oxygens (including phenoxy) is 1. The Labute approximate surface area is 115 Å². The molecule has 0 aliphatic heterocycles. The highest BCUT2D eigenvalue weighted by Crippen LogP contribution is 2.19. The summed E-state index contributed by atoms with van der Waals surface area (Å²) in [6.45, 7) is 1.70. The maximum absolute atomic E-state index is 12.3. The minimum Gasteiger partial charge on any atom is -0.457 e. The first-order valence-corrected chi connectivity index (χ1v) is 6.10. The topological polar surface area (TPSA) is 79.8 Å². The summed E-state index contributed by atoms with van der Waals surface area (Å²) in [6.07, 6.45) is 0. The largest absolute Gasteiger partial charge is 0.457 e. The molecule has 0 saturated carbocycles. The molecule has 0 amide bonds. The van der Waals surface area contributed by atoms with E-state index in [-0.39, 0.29) is 6.61 Å². The van der Waals surface area contributed by atoms with Gasteiger partial charge in [0.2, 0.25) is 0 Å². The fourth-order valence-corrected chi connectivity index (χ4v) is 1.93. The first-order valence-electron chi connectivity index (χ1n) is 6.10. The summed E-state index contributed by atoms with van der Waals surface area (Å²) < 4.78 is 4.70. The summed E-state index contributed by atoms with van der Waals surface area (Å²) in [4.78, 5) is 26.7.